The first-order valence-electron chi connectivity index (χ1n) is 7.37. The summed E-state index contributed by atoms with van der Waals surface area (Å²) in [5.41, 5.74) is 1.77. The lowest BCUT2D eigenvalue weighted by molar-refractivity contribution is 0.0102. The van der Waals surface area contributed by atoms with Gasteiger partial charge in [0.25, 0.3) is 0 Å². The molecule has 1 atom stereocenters. The SMILES string of the molecule is CCNCc1ccc(C)c(S(=O)(=O)N2CCOC(C)C2)c1. The number of rotatable bonds is 5. The van der Waals surface area contributed by atoms with Gasteiger partial charge < -0.3 is 10.1 Å². The molecule has 6 heteroatoms. The van der Waals surface area contributed by atoms with Gasteiger partial charge in [-0.2, -0.15) is 4.31 Å². The number of ether oxygens (including phenoxy) is 1. The van der Waals surface area contributed by atoms with Gasteiger partial charge in [0.2, 0.25) is 10.0 Å². The minimum absolute atomic E-state index is 0.0567. The average molecular weight is 312 g/mol. The van der Waals surface area contributed by atoms with Crippen LogP contribution in [0.5, 0.6) is 0 Å². The highest BCUT2D eigenvalue weighted by molar-refractivity contribution is 7.89. The van der Waals surface area contributed by atoms with Crippen LogP contribution in [0.1, 0.15) is 25.0 Å². The molecule has 118 valence electrons. The molecule has 0 aromatic heterocycles. The van der Waals surface area contributed by atoms with E-state index in [1.807, 2.05) is 32.9 Å². The van der Waals surface area contributed by atoms with Gasteiger partial charge in [0.05, 0.1) is 17.6 Å². The van der Waals surface area contributed by atoms with Gasteiger partial charge in [0, 0.05) is 19.6 Å². The molecule has 1 N–H and O–H groups in total. The van der Waals surface area contributed by atoms with Crippen molar-refractivity contribution in [1.82, 2.24) is 9.62 Å². The fraction of sp³-hybridized carbons (Fsp3) is 0.600. The van der Waals surface area contributed by atoms with Crippen LogP contribution >= 0.6 is 0 Å². The Labute approximate surface area is 127 Å². The summed E-state index contributed by atoms with van der Waals surface area (Å²) in [6.07, 6.45) is -0.0567. The third kappa shape index (κ3) is 3.83. The second-order valence-corrected chi connectivity index (χ2v) is 7.33. The number of nitrogens with one attached hydrogen (secondary N) is 1. The molecule has 1 unspecified atom stereocenters. The summed E-state index contributed by atoms with van der Waals surface area (Å²) in [6, 6.07) is 5.63. The van der Waals surface area contributed by atoms with E-state index in [1.165, 1.54) is 4.31 Å². The first-order valence-corrected chi connectivity index (χ1v) is 8.81. The zero-order valence-corrected chi connectivity index (χ0v) is 13.7. The summed E-state index contributed by atoms with van der Waals surface area (Å²) in [7, 11) is -3.45. The number of morpholine rings is 1. The van der Waals surface area contributed by atoms with Crippen molar-refractivity contribution in [2.45, 2.75) is 38.3 Å². The summed E-state index contributed by atoms with van der Waals surface area (Å²) in [6.45, 7) is 8.60. The molecule has 5 nitrogen and oxygen atoms in total. The Balaban J connectivity index is 2.30. The van der Waals surface area contributed by atoms with E-state index in [9.17, 15) is 8.42 Å². The average Bonchev–Trinajstić information content (AvgIpc) is 2.46. The summed E-state index contributed by atoms with van der Waals surface area (Å²) < 4.78 is 32.6. The second-order valence-electron chi connectivity index (χ2n) is 5.42. The third-order valence-corrected chi connectivity index (χ3v) is 5.66. The van der Waals surface area contributed by atoms with Gasteiger partial charge in [-0.15, -0.1) is 0 Å². The summed E-state index contributed by atoms with van der Waals surface area (Å²) >= 11 is 0. The molecule has 0 radical (unpaired) electrons. The fourth-order valence-electron chi connectivity index (χ4n) is 2.45. The Morgan fingerprint density at radius 3 is 2.86 bits per heavy atom. The van der Waals surface area contributed by atoms with Crippen molar-refractivity contribution < 1.29 is 13.2 Å². The molecule has 1 heterocycles. The summed E-state index contributed by atoms with van der Waals surface area (Å²) in [5.74, 6) is 0. The number of hydrogen-bond acceptors (Lipinski definition) is 4. The van der Waals surface area contributed by atoms with Crippen LogP contribution in [0.25, 0.3) is 0 Å². The van der Waals surface area contributed by atoms with Gasteiger partial charge in [0.1, 0.15) is 0 Å². The van der Waals surface area contributed by atoms with E-state index >= 15 is 0 Å². The minimum atomic E-state index is -3.45. The number of nitrogens with zero attached hydrogens (tertiary/aromatic N) is 1. The molecule has 1 aliphatic heterocycles. The normalized spacial score (nSPS) is 20.6. The van der Waals surface area contributed by atoms with Gasteiger partial charge >= 0.3 is 0 Å². The molecule has 21 heavy (non-hydrogen) atoms. The fourth-order valence-corrected chi connectivity index (χ4v) is 4.22. The van der Waals surface area contributed by atoms with Crippen LogP contribution in [0.4, 0.5) is 0 Å². The van der Waals surface area contributed by atoms with E-state index in [1.54, 1.807) is 6.07 Å². The highest BCUT2D eigenvalue weighted by Crippen LogP contribution is 2.23. The highest BCUT2D eigenvalue weighted by atomic mass is 32.2. The monoisotopic (exact) mass is 312 g/mol. The van der Waals surface area contributed by atoms with E-state index in [4.69, 9.17) is 4.74 Å². The number of hydrogen-bond donors (Lipinski definition) is 1. The Kier molecular flexibility index (Phi) is 5.37. The largest absolute Gasteiger partial charge is 0.376 e. The van der Waals surface area contributed by atoms with Gasteiger partial charge in [-0.3, -0.25) is 0 Å². The molecule has 1 aliphatic rings. The highest BCUT2D eigenvalue weighted by Gasteiger charge is 2.30. The minimum Gasteiger partial charge on any atom is -0.376 e. The first kappa shape index (κ1) is 16.4. The molecule has 0 aliphatic carbocycles. The standard InChI is InChI=1S/C15H24N2O3S/c1-4-16-10-14-6-5-12(2)15(9-14)21(18,19)17-7-8-20-13(3)11-17/h5-6,9,13,16H,4,7-8,10-11H2,1-3H3. The number of benzene rings is 1. The summed E-state index contributed by atoms with van der Waals surface area (Å²) in [5, 5.41) is 3.22. The predicted octanol–water partition coefficient (Wildman–Crippen LogP) is 1.51. The molecule has 0 amide bonds. The van der Waals surface area contributed by atoms with Gasteiger partial charge in [-0.25, -0.2) is 8.42 Å². The molecule has 1 aromatic rings. The zero-order valence-electron chi connectivity index (χ0n) is 12.9. The van der Waals surface area contributed by atoms with Gasteiger partial charge in [0.15, 0.2) is 0 Å². The lowest BCUT2D eigenvalue weighted by atomic mass is 10.1. The van der Waals surface area contributed by atoms with Crippen molar-refractivity contribution in [3.8, 4) is 0 Å². The summed E-state index contributed by atoms with van der Waals surface area (Å²) in [4.78, 5) is 0.409. The van der Waals surface area contributed by atoms with Crippen molar-refractivity contribution >= 4 is 10.0 Å². The topological polar surface area (TPSA) is 58.6 Å². The maximum Gasteiger partial charge on any atom is 0.243 e. The first-order chi connectivity index (χ1) is 9.95. The van der Waals surface area contributed by atoms with Crippen LogP contribution in [0.15, 0.2) is 23.1 Å². The van der Waals surface area contributed by atoms with Crippen LogP contribution in [0, 0.1) is 6.92 Å². The number of sulfonamides is 1. The molecule has 2 rings (SSSR count). The molecule has 0 saturated carbocycles. The van der Waals surface area contributed by atoms with E-state index in [2.05, 4.69) is 5.32 Å². The Bertz CT molecular complexity index is 587. The van der Waals surface area contributed by atoms with E-state index < -0.39 is 10.0 Å². The Morgan fingerprint density at radius 1 is 1.43 bits per heavy atom. The molecular formula is C15H24N2O3S. The maximum absolute atomic E-state index is 12.8. The molecule has 0 spiro atoms. The van der Waals surface area contributed by atoms with E-state index in [0.717, 1.165) is 17.7 Å². The van der Waals surface area contributed by atoms with Crippen LogP contribution in [0.3, 0.4) is 0 Å². The van der Waals surface area contributed by atoms with Crippen LogP contribution in [-0.4, -0.2) is 45.1 Å². The van der Waals surface area contributed by atoms with Crippen LogP contribution in [-0.2, 0) is 21.3 Å². The van der Waals surface area contributed by atoms with Crippen molar-refractivity contribution in [2.24, 2.45) is 0 Å². The molecule has 0 bridgehead atoms. The molecular weight excluding hydrogens is 288 g/mol. The van der Waals surface area contributed by atoms with Crippen molar-refractivity contribution in [2.75, 3.05) is 26.2 Å². The zero-order chi connectivity index (χ0) is 15.5. The lowest BCUT2D eigenvalue weighted by Crippen LogP contribution is -2.44. The maximum atomic E-state index is 12.8. The van der Waals surface area contributed by atoms with Crippen molar-refractivity contribution in [3.63, 3.8) is 0 Å². The molecule has 1 saturated heterocycles. The molecule has 1 aromatic carbocycles. The van der Waals surface area contributed by atoms with Gasteiger partial charge in [-0.05, 0) is 37.6 Å². The molecule has 1 fully saturated rings. The van der Waals surface area contributed by atoms with E-state index in [-0.39, 0.29) is 6.10 Å². The Morgan fingerprint density at radius 2 is 2.19 bits per heavy atom. The van der Waals surface area contributed by atoms with Crippen molar-refractivity contribution in [1.29, 1.82) is 0 Å². The van der Waals surface area contributed by atoms with Gasteiger partial charge in [-0.1, -0.05) is 19.1 Å². The number of aryl methyl sites for hydroxylation is 1. The predicted molar refractivity (Wildman–Crippen MR) is 82.7 cm³/mol. The van der Waals surface area contributed by atoms with Crippen molar-refractivity contribution in [3.05, 3.63) is 29.3 Å². The second kappa shape index (κ2) is 6.87. The third-order valence-electron chi connectivity index (χ3n) is 3.65. The van der Waals surface area contributed by atoms with Crippen LogP contribution < -0.4 is 5.32 Å². The quantitative estimate of drug-likeness (QED) is 0.895. The van der Waals surface area contributed by atoms with Crippen LogP contribution in [0.2, 0.25) is 0 Å². The smallest absolute Gasteiger partial charge is 0.243 e. The Hall–Kier alpha value is -0.950. The lowest BCUT2D eigenvalue weighted by Gasteiger charge is -2.30. The van der Waals surface area contributed by atoms with E-state index in [0.29, 0.717) is 31.1 Å².